The largest absolute Gasteiger partial charge is 0.462 e. The quantitative estimate of drug-likeness (QED) is 0.433. The third-order valence-electron chi connectivity index (χ3n) is 3.86. The number of anilines is 1. The number of aromatic nitrogens is 2. The molecule has 2 N–H and O–H groups in total. The molecule has 3 rings (SSSR count). The van der Waals surface area contributed by atoms with Gasteiger partial charge in [0.1, 0.15) is 0 Å². The van der Waals surface area contributed by atoms with Crippen molar-refractivity contribution in [2.75, 3.05) is 11.9 Å². The van der Waals surface area contributed by atoms with Crippen LogP contribution in [0.15, 0.2) is 34.2 Å². The Morgan fingerprint density at radius 2 is 2.22 bits per heavy atom. The van der Waals surface area contributed by atoms with E-state index in [1.807, 2.05) is 0 Å². The van der Waals surface area contributed by atoms with Gasteiger partial charge in [0.05, 0.1) is 23.1 Å². The maximum atomic E-state index is 12.5. The van der Waals surface area contributed by atoms with Gasteiger partial charge in [0, 0.05) is 22.8 Å². The lowest BCUT2D eigenvalue weighted by atomic mass is 10.2. The van der Waals surface area contributed by atoms with E-state index < -0.39 is 11.2 Å². The van der Waals surface area contributed by atoms with Crippen molar-refractivity contribution in [2.24, 2.45) is 0 Å². The van der Waals surface area contributed by atoms with E-state index in [0.717, 1.165) is 11.3 Å². The molecule has 27 heavy (non-hydrogen) atoms. The summed E-state index contributed by atoms with van der Waals surface area (Å²) in [6.07, 6.45) is 0. The Labute approximate surface area is 164 Å². The first-order valence-electron chi connectivity index (χ1n) is 8.42. The third kappa shape index (κ3) is 4.72. The SMILES string of the molecule is CCOC(=O)c1cccc(NC(=O)C(C)Sc2nc3c(c(=O)[nH]2)CSC3)c1. The normalized spacial score (nSPS) is 13.7. The Hall–Kier alpha value is -2.26. The van der Waals surface area contributed by atoms with E-state index in [1.54, 1.807) is 49.9 Å². The first-order chi connectivity index (χ1) is 13.0. The van der Waals surface area contributed by atoms with Crippen LogP contribution in [-0.2, 0) is 21.0 Å². The standard InChI is InChI=1S/C18H19N3O4S2/c1-3-25-17(24)11-5-4-6-12(7-11)19-15(22)10(2)27-18-20-14-9-26-8-13(14)16(23)21-18/h4-7,10H,3,8-9H2,1-2H3,(H,19,22)(H,20,21,23). The zero-order chi connectivity index (χ0) is 19.4. The zero-order valence-corrected chi connectivity index (χ0v) is 16.5. The number of nitrogens with zero attached hydrogens (tertiary/aromatic N) is 1. The summed E-state index contributed by atoms with van der Waals surface area (Å²) in [7, 11) is 0. The van der Waals surface area contributed by atoms with E-state index in [-0.39, 0.29) is 18.1 Å². The average molecular weight is 406 g/mol. The highest BCUT2D eigenvalue weighted by molar-refractivity contribution is 8.00. The molecule has 0 bridgehead atoms. The van der Waals surface area contributed by atoms with E-state index in [4.69, 9.17) is 4.74 Å². The fourth-order valence-electron chi connectivity index (χ4n) is 2.50. The predicted octanol–water partition coefficient (Wildman–Crippen LogP) is 2.81. The van der Waals surface area contributed by atoms with E-state index in [0.29, 0.717) is 27.9 Å². The van der Waals surface area contributed by atoms with Crippen LogP contribution >= 0.6 is 23.5 Å². The van der Waals surface area contributed by atoms with Gasteiger partial charge >= 0.3 is 5.97 Å². The molecule has 1 amide bonds. The smallest absolute Gasteiger partial charge is 0.338 e. The van der Waals surface area contributed by atoms with Gasteiger partial charge in [0.15, 0.2) is 5.16 Å². The minimum Gasteiger partial charge on any atom is -0.462 e. The van der Waals surface area contributed by atoms with Crippen LogP contribution in [0.1, 0.15) is 35.5 Å². The van der Waals surface area contributed by atoms with Crippen molar-refractivity contribution in [1.29, 1.82) is 0 Å². The Morgan fingerprint density at radius 1 is 1.41 bits per heavy atom. The third-order valence-corrected chi connectivity index (χ3v) is 5.82. The average Bonchev–Trinajstić information content (AvgIpc) is 3.11. The number of esters is 1. The summed E-state index contributed by atoms with van der Waals surface area (Å²) in [4.78, 5) is 43.5. The molecule has 9 heteroatoms. The van der Waals surface area contributed by atoms with E-state index in [1.165, 1.54) is 11.8 Å². The number of rotatable bonds is 6. The molecule has 1 aromatic carbocycles. The lowest BCUT2D eigenvalue weighted by Gasteiger charge is -2.12. The molecule has 1 aromatic heterocycles. The zero-order valence-electron chi connectivity index (χ0n) is 14.9. The first kappa shape index (κ1) is 19.5. The Morgan fingerprint density at radius 3 is 3.00 bits per heavy atom. The predicted molar refractivity (Wildman–Crippen MR) is 106 cm³/mol. The minimum atomic E-state index is -0.480. The molecule has 0 saturated heterocycles. The van der Waals surface area contributed by atoms with Crippen LogP contribution in [0, 0.1) is 0 Å². The number of benzene rings is 1. The van der Waals surface area contributed by atoms with Gasteiger partial charge in [-0.2, -0.15) is 11.8 Å². The Balaban J connectivity index is 1.66. The van der Waals surface area contributed by atoms with Crippen LogP contribution in [-0.4, -0.2) is 33.7 Å². The number of ether oxygens (including phenoxy) is 1. The molecule has 0 spiro atoms. The molecular weight excluding hydrogens is 386 g/mol. The van der Waals surface area contributed by atoms with Gasteiger partial charge in [-0.15, -0.1) is 0 Å². The number of hydrogen-bond donors (Lipinski definition) is 2. The van der Waals surface area contributed by atoms with Crippen molar-refractivity contribution in [2.45, 2.75) is 35.8 Å². The summed E-state index contributed by atoms with van der Waals surface area (Å²) in [6, 6.07) is 6.57. The fourth-order valence-corrected chi connectivity index (χ4v) is 4.35. The number of hydrogen-bond acceptors (Lipinski definition) is 7. The van der Waals surface area contributed by atoms with Crippen LogP contribution < -0.4 is 10.9 Å². The van der Waals surface area contributed by atoms with Gasteiger partial charge in [0.2, 0.25) is 5.91 Å². The van der Waals surface area contributed by atoms with Gasteiger partial charge in [0.25, 0.3) is 5.56 Å². The number of amides is 1. The summed E-state index contributed by atoms with van der Waals surface area (Å²) in [5, 5.41) is 2.73. The van der Waals surface area contributed by atoms with Gasteiger partial charge in [-0.1, -0.05) is 17.8 Å². The van der Waals surface area contributed by atoms with Crippen molar-refractivity contribution in [1.82, 2.24) is 9.97 Å². The topological polar surface area (TPSA) is 101 Å². The van der Waals surface area contributed by atoms with Crippen LogP contribution in [0.4, 0.5) is 5.69 Å². The Bertz CT molecular complexity index is 929. The van der Waals surface area contributed by atoms with Crippen molar-refractivity contribution in [3.8, 4) is 0 Å². The number of thioether (sulfide) groups is 2. The maximum absolute atomic E-state index is 12.5. The number of aromatic amines is 1. The molecule has 2 heterocycles. The molecular formula is C18H19N3O4S2. The molecule has 1 aliphatic heterocycles. The second-order valence-corrected chi connectivity index (χ2v) is 8.15. The van der Waals surface area contributed by atoms with E-state index in [2.05, 4.69) is 15.3 Å². The number of H-pyrrole nitrogens is 1. The van der Waals surface area contributed by atoms with Crippen LogP contribution in [0.2, 0.25) is 0 Å². The van der Waals surface area contributed by atoms with Gasteiger partial charge < -0.3 is 15.0 Å². The monoisotopic (exact) mass is 405 g/mol. The molecule has 2 aromatic rings. The van der Waals surface area contributed by atoms with Gasteiger partial charge in [-0.05, 0) is 32.0 Å². The van der Waals surface area contributed by atoms with Crippen molar-refractivity contribution < 1.29 is 14.3 Å². The van der Waals surface area contributed by atoms with Crippen molar-refractivity contribution >= 4 is 41.1 Å². The molecule has 1 unspecified atom stereocenters. The molecule has 142 valence electrons. The summed E-state index contributed by atoms with van der Waals surface area (Å²) in [6.45, 7) is 3.75. The molecule has 1 aliphatic rings. The Kier molecular flexibility index (Phi) is 6.22. The summed E-state index contributed by atoms with van der Waals surface area (Å²) >= 11 is 2.84. The fraction of sp³-hybridized carbons (Fsp3) is 0.333. The number of carbonyl (C=O) groups is 2. The minimum absolute atomic E-state index is 0.137. The molecule has 0 fully saturated rings. The van der Waals surface area contributed by atoms with Gasteiger partial charge in [-0.25, -0.2) is 9.78 Å². The van der Waals surface area contributed by atoms with Crippen LogP contribution in [0.5, 0.6) is 0 Å². The van der Waals surface area contributed by atoms with E-state index >= 15 is 0 Å². The lowest BCUT2D eigenvalue weighted by molar-refractivity contribution is -0.115. The van der Waals surface area contributed by atoms with E-state index in [9.17, 15) is 14.4 Å². The number of fused-ring (bicyclic) bond motifs is 1. The van der Waals surface area contributed by atoms with Crippen LogP contribution in [0.3, 0.4) is 0 Å². The van der Waals surface area contributed by atoms with Crippen molar-refractivity contribution in [3.05, 3.63) is 51.4 Å². The lowest BCUT2D eigenvalue weighted by Crippen LogP contribution is -2.24. The van der Waals surface area contributed by atoms with Crippen molar-refractivity contribution in [3.63, 3.8) is 0 Å². The van der Waals surface area contributed by atoms with Crippen LogP contribution in [0.25, 0.3) is 0 Å². The maximum Gasteiger partial charge on any atom is 0.338 e. The molecule has 7 nitrogen and oxygen atoms in total. The highest BCUT2D eigenvalue weighted by Crippen LogP contribution is 2.28. The van der Waals surface area contributed by atoms with Gasteiger partial charge in [-0.3, -0.25) is 9.59 Å². The number of carbonyl (C=O) groups excluding carboxylic acids is 2. The molecule has 1 atom stereocenters. The second kappa shape index (κ2) is 8.62. The molecule has 0 radical (unpaired) electrons. The first-order valence-corrected chi connectivity index (χ1v) is 10.5. The second-order valence-electron chi connectivity index (χ2n) is 5.84. The molecule has 0 aliphatic carbocycles. The molecule has 0 saturated carbocycles. The highest BCUT2D eigenvalue weighted by atomic mass is 32.2. The number of nitrogens with one attached hydrogen (secondary N) is 2. The highest BCUT2D eigenvalue weighted by Gasteiger charge is 2.21. The summed E-state index contributed by atoms with van der Waals surface area (Å²) in [5.41, 5.74) is 2.25. The summed E-state index contributed by atoms with van der Waals surface area (Å²) < 4.78 is 4.96. The summed E-state index contributed by atoms with van der Waals surface area (Å²) in [5.74, 6) is 0.705.